The standard InChI is InChI=1S/C12H15N3O2/c1-6-3-4-8(13)10-11(6)14-5-9(12(10)17)15-7(2)16/h3-4,9,14H,5,13H2,1-2H3,(H,15,16). The third-order valence-electron chi connectivity index (χ3n) is 2.87. The van der Waals surface area contributed by atoms with Gasteiger partial charge < -0.3 is 16.4 Å². The number of amides is 1. The number of anilines is 2. The van der Waals surface area contributed by atoms with Crippen LogP contribution in [-0.4, -0.2) is 24.3 Å². The van der Waals surface area contributed by atoms with E-state index >= 15 is 0 Å². The molecule has 1 aromatic carbocycles. The van der Waals surface area contributed by atoms with Crippen molar-refractivity contribution in [3.63, 3.8) is 0 Å². The monoisotopic (exact) mass is 233 g/mol. The Balaban J connectivity index is 2.41. The molecule has 0 fully saturated rings. The van der Waals surface area contributed by atoms with Gasteiger partial charge in [-0.15, -0.1) is 0 Å². The van der Waals surface area contributed by atoms with E-state index in [2.05, 4.69) is 10.6 Å². The van der Waals surface area contributed by atoms with Crippen LogP contribution in [0.25, 0.3) is 0 Å². The highest BCUT2D eigenvalue weighted by Gasteiger charge is 2.30. The van der Waals surface area contributed by atoms with Crippen molar-refractivity contribution in [1.29, 1.82) is 0 Å². The Bertz CT molecular complexity index is 497. The Morgan fingerprint density at radius 1 is 1.53 bits per heavy atom. The van der Waals surface area contributed by atoms with Crippen molar-refractivity contribution in [2.24, 2.45) is 0 Å². The van der Waals surface area contributed by atoms with Crippen LogP contribution in [0.4, 0.5) is 11.4 Å². The molecule has 0 radical (unpaired) electrons. The largest absolute Gasteiger partial charge is 0.398 e. The summed E-state index contributed by atoms with van der Waals surface area (Å²) in [7, 11) is 0. The average molecular weight is 233 g/mol. The number of carbonyl (C=O) groups is 2. The first-order valence-corrected chi connectivity index (χ1v) is 5.45. The molecule has 0 saturated carbocycles. The number of nitrogens with one attached hydrogen (secondary N) is 2. The number of ketones is 1. The van der Waals surface area contributed by atoms with E-state index in [1.165, 1.54) is 6.92 Å². The zero-order valence-electron chi connectivity index (χ0n) is 9.83. The minimum atomic E-state index is -0.538. The van der Waals surface area contributed by atoms with Crippen molar-refractivity contribution >= 4 is 23.1 Å². The Labute approximate surface area is 99.4 Å². The van der Waals surface area contributed by atoms with Crippen LogP contribution in [0.2, 0.25) is 0 Å². The van der Waals surface area contributed by atoms with Gasteiger partial charge in [0.2, 0.25) is 5.91 Å². The van der Waals surface area contributed by atoms with Crippen LogP contribution in [0, 0.1) is 6.92 Å². The summed E-state index contributed by atoms with van der Waals surface area (Å²) in [5.41, 5.74) is 8.49. The van der Waals surface area contributed by atoms with E-state index in [0.717, 1.165) is 11.3 Å². The van der Waals surface area contributed by atoms with Gasteiger partial charge in [0.05, 0.1) is 11.3 Å². The molecule has 0 aromatic heterocycles. The molecule has 17 heavy (non-hydrogen) atoms. The molecule has 4 N–H and O–H groups in total. The second-order valence-electron chi connectivity index (χ2n) is 4.22. The number of Topliss-reactive ketones (excluding diaryl/α,β-unsaturated/α-hetero) is 1. The number of rotatable bonds is 1. The van der Waals surface area contributed by atoms with Gasteiger partial charge in [0.25, 0.3) is 0 Å². The number of benzene rings is 1. The van der Waals surface area contributed by atoms with Gasteiger partial charge in [-0.1, -0.05) is 6.07 Å². The minimum absolute atomic E-state index is 0.129. The summed E-state index contributed by atoms with van der Waals surface area (Å²) in [5, 5.41) is 5.75. The van der Waals surface area contributed by atoms with Crippen LogP contribution in [0.5, 0.6) is 0 Å². The highest BCUT2D eigenvalue weighted by molar-refractivity contribution is 6.12. The molecule has 1 heterocycles. The van der Waals surface area contributed by atoms with Crippen molar-refractivity contribution in [2.75, 3.05) is 17.6 Å². The van der Waals surface area contributed by atoms with Crippen LogP contribution in [0.1, 0.15) is 22.8 Å². The van der Waals surface area contributed by atoms with Crippen molar-refractivity contribution in [2.45, 2.75) is 19.9 Å². The second kappa shape index (κ2) is 4.08. The molecule has 2 rings (SSSR count). The van der Waals surface area contributed by atoms with Crippen molar-refractivity contribution < 1.29 is 9.59 Å². The summed E-state index contributed by atoms with van der Waals surface area (Å²) in [6, 6.07) is 3.04. The number of fused-ring (bicyclic) bond motifs is 1. The maximum atomic E-state index is 12.2. The quantitative estimate of drug-likeness (QED) is 0.623. The lowest BCUT2D eigenvalue weighted by atomic mass is 9.94. The fourth-order valence-electron chi connectivity index (χ4n) is 2.05. The topological polar surface area (TPSA) is 84.2 Å². The summed E-state index contributed by atoms with van der Waals surface area (Å²) in [4.78, 5) is 23.2. The maximum absolute atomic E-state index is 12.2. The van der Waals surface area contributed by atoms with Crippen LogP contribution >= 0.6 is 0 Å². The van der Waals surface area contributed by atoms with Gasteiger partial charge in [-0.3, -0.25) is 9.59 Å². The first-order chi connectivity index (χ1) is 8.00. The second-order valence-corrected chi connectivity index (χ2v) is 4.22. The molecular weight excluding hydrogens is 218 g/mol. The Morgan fingerprint density at radius 3 is 2.88 bits per heavy atom. The molecule has 1 aliphatic heterocycles. The number of hydrogen-bond acceptors (Lipinski definition) is 4. The van der Waals surface area contributed by atoms with Crippen molar-refractivity contribution in [1.82, 2.24) is 5.32 Å². The fraction of sp³-hybridized carbons (Fsp3) is 0.333. The Hall–Kier alpha value is -2.04. The number of hydrogen-bond donors (Lipinski definition) is 3. The van der Waals surface area contributed by atoms with Gasteiger partial charge in [-0.25, -0.2) is 0 Å². The molecule has 1 atom stereocenters. The van der Waals surface area contributed by atoms with E-state index in [4.69, 9.17) is 5.73 Å². The SMILES string of the molecule is CC(=O)NC1CNc2c(C)ccc(N)c2C1=O. The molecular formula is C12H15N3O2. The normalized spacial score (nSPS) is 18.2. The predicted octanol–water partition coefficient (Wildman–Crippen LogP) is 0.690. The highest BCUT2D eigenvalue weighted by atomic mass is 16.2. The summed E-state index contributed by atoms with van der Waals surface area (Å²) >= 11 is 0. The Morgan fingerprint density at radius 2 is 2.24 bits per heavy atom. The Kier molecular flexibility index (Phi) is 2.75. The van der Waals surface area contributed by atoms with E-state index < -0.39 is 6.04 Å². The van der Waals surface area contributed by atoms with Crippen LogP contribution in [0.15, 0.2) is 12.1 Å². The zero-order chi connectivity index (χ0) is 12.6. The highest BCUT2D eigenvalue weighted by Crippen LogP contribution is 2.30. The van der Waals surface area contributed by atoms with Crippen LogP contribution < -0.4 is 16.4 Å². The van der Waals surface area contributed by atoms with E-state index in [9.17, 15) is 9.59 Å². The third kappa shape index (κ3) is 1.95. The van der Waals surface area contributed by atoms with Crippen molar-refractivity contribution in [3.05, 3.63) is 23.3 Å². The average Bonchev–Trinajstić information content (AvgIpc) is 2.26. The lowest BCUT2D eigenvalue weighted by molar-refractivity contribution is -0.119. The first kappa shape index (κ1) is 11.4. The van der Waals surface area contributed by atoms with Crippen LogP contribution in [0.3, 0.4) is 0 Å². The molecule has 0 saturated heterocycles. The van der Waals surface area contributed by atoms with Gasteiger partial charge in [-0.2, -0.15) is 0 Å². The predicted molar refractivity (Wildman–Crippen MR) is 66.0 cm³/mol. The molecule has 90 valence electrons. The summed E-state index contributed by atoms with van der Waals surface area (Å²) in [6.07, 6.45) is 0. The molecule has 5 nitrogen and oxygen atoms in total. The molecule has 5 heteroatoms. The van der Waals surface area contributed by atoms with Crippen molar-refractivity contribution in [3.8, 4) is 0 Å². The number of aryl methyl sites for hydroxylation is 1. The maximum Gasteiger partial charge on any atom is 0.217 e. The molecule has 0 aliphatic carbocycles. The van der Waals surface area contributed by atoms with E-state index in [1.807, 2.05) is 13.0 Å². The van der Waals surface area contributed by atoms with Gasteiger partial charge in [0.1, 0.15) is 6.04 Å². The molecule has 1 aromatic rings. The van der Waals surface area contributed by atoms with Gasteiger partial charge in [-0.05, 0) is 18.6 Å². The van der Waals surface area contributed by atoms with E-state index in [1.54, 1.807) is 6.07 Å². The number of nitrogen functional groups attached to an aromatic ring is 1. The van der Waals surface area contributed by atoms with E-state index in [-0.39, 0.29) is 11.7 Å². The number of nitrogens with two attached hydrogens (primary N) is 1. The third-order valence-corrected chi connectivity index (χ3v) is 2.87. The number of carbonyl (C=O) groups excluding carboxylic acids is 2. The molecule has 1 aliphatic rings. The first-order valence-electron chi connectivity index (χ1n) is 5.45. The zero-order valence-corrected chi connectivity index (χ0v) is 9.83. The van der Waals surface area contributed by atoms with Crippen LogP contribution in [-0.2, 0) is 4.79 Å². The summed E-state index contributed by atoms with van der Waals surface area (Å²) in [5.74, 6) is -0.352. The summed E-state index contributed by atoms with van der Waals surface area (Å²) in [6.45, 7) is 3.70. The molecule has 1 unspecified atom stereocenters. The van der Waals surface area contributed by atoms with E-state index in [0.29, 0.717) is 17.8 Å². The fourth-order valence-corrected chi connectivity index (χ4v) is 2.05. The van der Waals surface area contributed by atoms with Gasteiger partial charge in [0.15, 0.2) is 5.78 Å². The smallest absolute Gasteiger partial charge is 0.217 e. The minimum Gasteiger partial charge on any atom is -0.398 e. The van der Waals surface area contributed by atoms with Gasteiger partial charge >= 0.3 is 0 Å². The lowest BCUT2D eigenvalue weighted by Crippen LogP contribution is -2.47. The molecule has 0 bridgehead atoms. The molecule has 1 amide bonds. The molecule has 0 spiro atoms. The summed E-state index contributed by atoms with van der Waals surface area (Å²) < 4.78 is 0. The lowest BCUT2D eigenvalue weighted by Gasteiger charge is -2.27. The van der Waals surface area contributed by atoms with Gasteiger partial charge in [0, 0.05) is 19.2 Å².